The van der Waals surface area contributed by atoms with Crippen molar-refractivity contribution in [2.24, 2.45) is 5.92 Å². The van der Waals surface area contributed by atoms with Gasteiger partial charge in [0.15, 0.2) is 0 Å². The highest BCUT2D eigenvalue weighted by atomic mass is 16.4. The first-order valence-corrected chi connectivity index (χ1v) is 7.72. The third-order valence-electron chi connectivity index (χ3n) is 4.20. The summed E-state index contributed by atoms with van der Waals surface area (Å²) in [5.74, 6) is -0.251. The van der Waals surface area contributed by atoms with E-state index in [0.29, 0.717) is 12.3 Å². The Morgan fingerprint density at radius 2 is 1.85 bits per heavy atom. The molecule has 0 aromatic heterocycles. The zero-order valence-electron chi connectivity index (χ0n) is 12.1. The minimum atomic E-state index is -0.647. The van der Waals surface area contributed by atoms with Crippen LogP contribution in [0.4, 0.5) is 0 Å². The predicted molar refractivity (Wildman–Crippen MR) is 80.8 cm³/mol. The maximum absolute atomic E-state index is 10.7. The Labute approximate surface area is 121 Å². The Hall–Kier alpha value is -1.35. The molecule has 2 rings (SSSR count). The average Bonchev–Trinajstić information content (AvgIpc) is 2.46. The molecule has 0 atom stereocenters. The van der Waals surface area contributed by atoms with Crippen molar-refractivity contribution in [1.29, 1.82) is 0 Å². The number of piperidine rings is 1. The fraction of sp³-hybridized carbons (Fsp3) is 0.588. The van der Waals surface area contributed by atoms with Crippen LogP contribution in [0.2, 0.25) is 0 Å². The summed E-state index contributed by atoms with van der Waals surface area (Å²) in [4.78, 5) is 13.2. The van der Waals surface area contributed by atoms with Gasteiger partial charge in [-0.05, 0) is 63.2 Å². The largest absolute Gasteiger partial charge is 0.481 e. The number of carboxylic acids is 1. The van der Waals surface area contributed by atoms with Crippen molar-refractivity contribution in [2.75, 3.05) is 19.6 Å². The second kappa shape index (κ2) is 8.05. The molecule has 0 amide bonds. The summed E-state index contributed by atoms with van der Waals surface area (Å²) in [7, 11) is 0. The van der Waals surface area contributed by atoms with Gasteiger partial charge in [0.05, 0.1) is 0 Å². The van der Waals surface area contributed by atoms with Crippen molar-refractivity contribution in [3.05, 3.63) is 35.9 Å². The van der Waals surface area contributed by atoms with Crippen LogP contribution in [-0.2, 0) is 11.2 Å². The Balaban J connectivity index is 1.56. The Kier molecular flexibility index (Phi) is 6.06. The van der Waals surface area contributed by atoms with Gasteiger partial charge in [0.1, 0.15) is 0 Å². The molecule has 1 aromatic rings. The lowest BCUT2D eigenvalue weighted by Gasteiger charge is -2.31. The molecule has 0 bridgehead atoms. The number of benzene rings is 1. The zero-order valence-corrected chi connectivity index (χ0v) is 12.1. The van der Waals surface area contributed by atoms with Crippen LogP contribution < -0.4 is 0 Å². The van der Waals surface area contributed by atoms with Crippen LogP contribution in [0.1, 0.15) is 37.7 Å². The van der Waals surface area contributed by atoms with Crippen LogP contribution in [0.5, 0.6) is 0 Å². The van der Waals surface area contributed by atoms with Crippen molar-refractivity contribution < 1.29 is 9.90 Å². The topological polar surface area (TPSA) is 40.5 Å². The summed E-state index contributed by atoms with van der Waals surface area (Å²) in [6.07, 6.45) is 6.08. The van der Waals surface area contributed by atoms with Crippen LogP contribution in [0, 0.1) is 5.92 Å². The maximum atomic E-state index is 10.7. The fourth-order valence-electron chi connectivity index (χ4n) is 2.97. The average molecular weight is 275 g/mol. The molecule has 1 aliphatic heterocycles. The first-order valence-electron chi connectivity index (χ1n) is 7.72. The molecule has 0 aliphatic carbocycles. The first kappa shape index (κ1) is 15.0. The molecule has 1 aliphatic rings. The van der Waals surface area contributed by atoms with Gasteiger partial charge in [-0.1, -0.05) is 30.3 Å². The number of rotatable bonds is 7. The van der Waals surface area contributed by atoms with Crippen LogP contribution in [0.3, 0.4) is 0 Å². The minimum absolute atomic E-state index is 0.349. The van der Waals surface area contributed by atoms with Gasteiger partial charge < -0.3 is 10.0 Å². The van der Waals surface area contributed by atoms with Gasteiger partial charge in [0, 0.05) is 6.42 Å². The van der Waals surface area contributed by atoms with Gasteiger partial charge in [0.25, 0.3) is 0 Å². The summed E-state index contributed by atoms with van der Waals surface area (Å²) in [5, 5.41) is 8.80. The van der Waals surface area contributed by atoms with Gasteiger partial charge in [-0.2, -0.15) is 0 Å². The van der Waals surface area contributed by atoms with E-state index in [1.165, 1.54) is 18.4 Å². The van der Waals surface area contributed by atoms with Crippen molar-refractivity contribution in [3.8, 4) is 0 Å². The molecule has 110 valence electrons. The third kappa shape index (κ3) is 5.33. The van der Waals surface area contributed by atoms with Gasteiger partial charge in [0.2, 0.25) is 0 Å². The number of unbranched alkanes of at least 4 members (excludes halogenated alkanes) is 1. The lowest BCUT2D eigenvalue weighted by molar-refractivity contribution is -0.138. The molecule has 1 saturated heterocycles. The van der Waals surface area contributed by atoms with E-state index in [1.54, 1.807) is 0 Å². The smallest absolute Gasteiger partial charge is 0.303 e. The van der Waals surface area contributed by atoms with E-state index in [0.717, 1.165) is 38.9 Å². The number of carboxylic acid groups (broad SMARTS) is 1. The quantitative estimate of drug-likeness (QED) is 0.777. The van der Waals surface area contributed by atoms with Gasteiger partial charge in [-0.15, -0.1) is 0 Å². The molecule has 0 spiro atoms. The zero-order chi connectivity index (χ0) is 14.2. The van der Waals surface area contributed by atoms with Crippen molar-refractivity contribution in [1.82, 2.24) is 4.90 Å². The maximum Gasteiger partial charge on any atom is 0.303 e. The normalized spacial score (nSPS) is 17.2. The van der Waals surface area contributed by atoms with Crippen molar-refractivity contribution >= 4 is 5.97 Å². The van der Waals surface area contributed by atoms with Crippen LogP contribution in [0.25, 0.3) is 0 Å². The number of nitrogens with zero attached hydrogens (tertiary/aromatic N) is 1. The number of aliphatic carboxylic acids is 1. The van der Waals surface area contributed by atoms with Crippen molar-refractivity contribution in [3.63, 3.8) is 0 Å². The molecule has 1 heterocycles. The van der Waals surface area contributed by atoms with Crippen LogP contribution >= 0.6 is 0 Å². The molecule has 0 saturated carbocycles. The van der Waals surface area contributed by atoms with Gasteiger partial charge in [-0.25, -0.2) is 0 Å². The first-order chi connectivity index (χ1) is 9.74. The third-order valence-corrected chi connectivity index (χ3v) is 4.20. The van der Waals surface area contributed by atoms with E-state index < -0.39 is 5.97 Å². The monoisotopic (exact) mass is 275 g/mol. The molecule has 3 nitrogen and oxygen atoms in total. The molecule has 20 heavy (non-hydrogen) atoms. The standard InChI is InChI=1S/C17H25NO2/c19-17(20)14-16-9-12-18(13-10-16)11-5-4-8-15-6-2-1-3-7-15/h1-3,6-7,16H,4-5,8-14H2,(H,19,20). The molecular weight excluding hydrogens is 250 g/mol. The summed E-state index contributed by atoms with van der Waals surface area (Å²) in [6, 6.07) is 10.6. The Morgan fingerprint density at radius 1 is 1.15 bits per heavy atom. The summed E-state index contributed by atoms with van der Waals surface area (Å²) < 4.78 is 0. The minimum Gasteiger partial charge on any atom is -0.481 e. The van der Waals surface area contributed by atoms with E-state index in [9.17, 15) is 4.79 Å². The van der Waals surface area contributed by atoms with Gasteiger partial charge >= 0.3 is 5.97 Å². The number of likely N-dealkylation sites (tertiary alicyclic amines) is 1. The van der Waals surface area contributed by atoms with E-state index in [4.69, 9.17) is 5.11 Å². The van der Waals surface area contributed by atoms with Gasteiger partial charge in [-0.3, -0.25) is 4.79 Å². The predicted octanol–water partition coefficient (Wildman–Crippen LogP) is 3.20. The number of carbonyl (C=O) groups is 1. The second-order valence-corrected chi connectivity index (χ2v) is 5.83. The highest BCUT2D eigenvalue weighted by Gasteiger charge is 2.20. The highest BCUT2D eigenvalue weighted by molar-refractivity contribution is 5.67. The number of aryl methyl sites for hydroxylation is 1. The summed E-state index contributed by atoms with van der Waals surface area (Å²) >= 11 is 0. The van der Waals surface area contributed by atoms with E-state index in [2.05, 4.69) is 35.2 Å². The SMILES string of the molecule is O=C(O)CC1CCN(CCCCc2ccccc2)CC1. The molecular formula is C17H25NO2. The Bertz CT molecular complexity index is 397. The molecule has 3 heteroatoms. The van der Waals surface area contributed by atoms with E-state index in [-0.39, 0.29) is 0 Å². The molecule has 0 unspecified atom stereocenters. The lowest BCUT2D eigenvalue weighted by Crippen LogP contribution is -2.35. The highest BCUT2D eigenvalue weighted by Crippen LogP contribution is 2.20. The summed E-state index contributed by atoms with van der Waals surface area (Å²) in [5.41, 5.74) is 1.42. The molecule has 1 fully saturated rings. The fourth-order valence-corrected chi connectivity index (χ4v) is 2.97. The number of hydrogen-bond donors (Lipinski definition) is 1. The van der Waals surface area contributed by atoms with Crippen LogP contribution in [-0.4, -0.2) is 35.6 Å². The number of hydrogen-bond acceptors (Lipinski definition) is 2. The van der Waals surface area contributed by atoms with E-state index in [1.807, 2.05) is 0 Å². The molecule has 1 aromatic carbocycles. The second-order valence-electron chi connectivity index (χ2n) is 5.83. The lowest BCUT2D eigenvalue weighted by atomic mass is 9.93. The Morgan fingerprint density at radius 3 is 2.50 bits per heavy atom. The molecule has 1 N–H and O–H groups in total. The van der Waals surface area contributed by atoms with Crippen LogP contribution in [0.15, 0.2) is 30.3 Å². The molecule has 0 radical (unpaired) electrons. The summed E-state index contributed by atoms with van der Waals surface area (Å²) in [6.45, 7) is 3.30. The van der Waals surface area contributed by atoms with Crippen molar-refractivity contribution in [2.45, 2.75) is 38.5 Å². The van der Waals surface area contributed by atoms with E-state index >= 15 is 0 Å².